The van der Waals surface area contributed by atoms with Crippen LogP contribution in [0.1, 0.15) is 40.4 Å². The molecule has 4 heterocycles. The van der Waals surface area contributed by atoms with E-state index in [0.29, 0.717) is 17.4 Å². The first-order valence-corrected chi connectivity index (χ1v) is 11.3. The lowest BCUT2D eigenvalue weighted by Crippen LogP contribution is -2.55. The van der Waals surface area contributed by atoms with Crippen LogP contribution in [-0.4, -0.2) is 40.1 Å². The molecule has 3 fully saturated rings. The van der Waals surface area contributed by atoms with Gasteiger partial charge in [-0.2, -0.15) is 0 Å². The minimum Gasteiger partial charge on any atom is -0.508 e. The summed E-state index contributed by atoms with van der Waals surface area (Å²) in [5, 5.41) is 11.0. The molecule has 3 aliphatic rings. The number of hydrogen-bond acceptors (Lipinski definition) is 5. The van der Waals surface area contributed by atoms with Crippen LogP contribution in [0.3, 0.4) is 0 Å². The molecule has 0 spiro atoms. The number of carbonyl (C=O) groups is 1. The fraction of sp³-hybridized carbons (Fsp3) is 0.333. The second kappa shape index (κ2) is 8.40. The van der Waals surface area contributed by atoms with Crippen molar-refractivity contribution in [1.82, 2.24) is 9.88 Å². The van der Waals surface area contributed by atoms with Crippen LogP contribution in [0.2, 0.25) is 0 Å². The number of phenolic OH excluding ortho intramolecular Hbond substituents is 1. The molecule has 32 heavy (non-hydrogen) atoms. The van der Waals surface area contributed by atoms with E-state index in [2.05, 4.69) is 22.5 Å². The number of ether oxygens (including phenoxy) is 1. The van der Waals surface area contributed by atoms with Gasteiger partial charge in [-0.05, 0) is 74.0 Å². The number of nitrogens with zero attached hydrogens (tertiary/aromatic N) is 2. The molecule has 1 aromatic heterocycles. The highest BCUT2D eigenvalue weighted by atomic mass is 16.5. The van der Waals surface area contributed by atoms with Crippen molar-refractivity contribution in [2.45, 2.75) is 31.9 Å². The van der Waals surface area contributed by atoms with Crippen LogP contribution in [0.4, 0.5) is 0 Å². The van der Waals surface area contributed by atoms with Crippen LogP contribution in [0, 0.1) is 18.8 Å². The first-order valence-electron chi connectivity index (χ1n) is 11.3. The Balaban J connectivity index is 1.57. The van der Waals surface area contributed by atoms with Gasteiger partial charge >= 0.3 is 5.97 Å². The zero-order valence-corrected chi connectivity index (χ0v) is 18.3. The summed E-state index contributed by atoms with van der Waals surface area (Å²) in [5.41, 5.74) is 3.14. The molecule has 2 aromatic carbocycles. The first kappa shape index (κ1) is 20.7. The highest BCUT2D eigenvalue weighted by Gasteiger charge is 2.44. The van der Waals surface area contributed by atoms with Crippen molar-refractivity contribution in [3.05, 3.63) is 84.1 Å². The Morgan fingerprint density at radius 3 is 2.88 bits per heavy atom. The van der Waals surface area contributed by atoms with E-state index in [9.17, 15) is 9.90 Å². The number of piperidine rings is 3. The third kappa shape index (κ3) is 3.67. The standard InChI is InChI=1S/C27H28N2O3/c1-3-18-16-29-13-11-19(18)14-25(29)26(32-27(31)21-7-5-4-6-17(21)2)22-10-12-28-24-9-8-20(30)15-23(22)24/h3-10,12,15,18-19,25-26,30H,1,11,13-14,16H2,2H3/t18-,19-,25+,26-/m0/s1. The molecule has 0 saturated carbocycles. The molecule has 3 aromatic rings. The van der Waals surface area contributed by atoms with Crippen molar-refractivity contribution in [3.63, 3.8) is 0 Å². The number of fused-ring (bicyclic) bond motifs is 4. The molecule has 2 bridgehead atoms. The molecular formula is C27H28N2O3. The van der Waals surface area contributed by atoms with Gasteiger partial charge in [-0.3, -0.25) is 9.88 Å². The molecule has 5 heteroatoms. The van der Waals surface area contributed by atoms with Crippen molar-refractivity contribution in [2.24, 2.45) is 11.8 Å². The van der Waals surface area contributed by atoms with Gasteiger partial charge in [0.25, 0.3) is 0 Å². The zero-order valence-electron chi connectivity index (χ0n) is 18.3. The molecule has 3 saturated heterocycles. The van der Waals surface area contributed by atoms with E-state index in [1.807, 2.05) is 37.3 Å². The number of carbonyl (C=O) groups excluding carboxylic acids is 1. The van der Waals surface area contributed by atoms with Gasteiger partial charge in [-0.15, -0.1) is 6.58 Å². The van der Waals surface area contributed by atoms with E-state index in [1.165, 1.54) is 0 Å². The van der Waals surface area contributed by atoms with Crippen LogP contribution >= 0.6 is 0 Å². The predicted octanol–water partition coefficient (Wildman–Crippen LogP) is 5.04. The second-order valence-electron chi connectivity index (χ2n) is 8.99. The lowest BCUT2D eigenvalue weighted by atomic mass is 9.73. The molecule has 1 unspecified atom stereocenters. The Morgan fingerprint density at radius 2 is 2.12 bits per heavy atom. The second-order valence-corrected chi connectivity index (χ2v) is 8.99. The Bertz CT molecular complexity index is 1170. The number of hydrogen-bond donors (Lipinski definition) is 1. The Labute approximate surface area is 188 Å². The highest BCUT2D eigenvalue weighted by Crippen LogP contribution is 2.44. The van der Waals surface area contributed by atoms with E-state index >= 15 is 0 Å². The van der Waals surface area contributed by atoms with E-state index in [-0.39, 0.29) is 17.8 Å². The summed E-state index contributed by atoms with van der Waals surface area (Å²) in [6, 6.07) is 14.7. The SMILES string of the molecule is C=C[C@H]1CN2CC[C@H]1C[C@@H]2[C@@H](OC(=O)c1ccccc1C)c1ccnc2ccc(O)cc12. The van der Waals surface area contributed by atoms with Crippen molar-refractivity contribution in [1.29, 1.82) is 0 Å². The van der Waals surface area contributed by atoms with E-state index < -0.39 is 6.10 Å². The number of aromatic hydroxyl groups is 1. The Kier molecular flexibility index (Phi) is 5.43. The zero-order chi connectivity index (χ0) is 22.2. The van der Waals surface area contributed by atoms with Crippen LogP contribution in [0.15, 0.2) is 67.4 Å². The number of aryl methyl sites for hydroxylation is 1. The number of rotatable bonds is 5. The maximum absolute atomic E-state index is 13.3. The van der Waals surface area contributed by atoms with Crippen LogP contribution in [-0.2, 0) is 4.74 Å². The smallest absolute Gasteiger partial charge is 0.339 e. The average molecular weight is 429 g/mol. The van der Waals surface area contributed by atoms with E-state index in [4.69, 9.17) is 4.74 Å². The Morgan fingerprint density at radius 1 is 1.28 bits per heavy atom. The first-order chi connectivity index (χ1) is 15.5. The van der Waals surface area contributed by atoms with Gasteiger partial charge in [0.15, 0.2) is 0 Å². The van der Waals surface area contributed by atoms with Gasteiger partial charge in [0.05, 0.1) is 17.1 Å². The third-order valence-corrected chi connectivity index (χ3v) is 7.17. The molecule has 1 N–H and O–H groups in total. The number of esters is 1. The summed E-state index contributed by atoms with van der Waals surface area (Å²) in [7, 11) is 0. The molecule has 3 aliphatic heterocycles. The molecule has 6 rings (SSSR count). The van der Waals surface area contributed by atoms with Crippen molar-refractivity contribution >= 4 is 16.9 Å². The molecule has 164 valence electrons. The minimum absolute atomic E-state index is 0.0749. The Hall–Kier alpha value is -3.18. The lowest BCUT2D eigenvalue weighted by molar-refractivity contribution is -0.0568. The molecule has 0 amide bonds. The molecule has 0 aliphatic carbocycles. The van der Waals surface area contributed by atoms with Crippen LogP contribution < -0.4 is 0 Å². The number of benzene rings is 2. The fourth-order valence-electron chi connectivity index (χ4n) is 5.43. The normalized spacial score (nSPS) is 25.4. The quantitative estimate of drug-likeness (QED) is 0.455. The van der Waals surface area contributed by atoms with Crippen LogP contribution in [0.5, 0.6) is 5.75 Å². The largest absolute Gasteiger partial charge is 0.508 e. The summed E-state index contributed by atoms with van der Waals surface area (Å²) in [6.45, 7) is 7.88. The molecular weight excluding hydrogens is 400 g/mol. The predicted molar refractivity (Wildman–Crippen MR) is 125 cm³/mol. The minimum atomic E-state index is -0.456. The van der Waals surface area contributed by atoms with Crippen molar-refractivity contribution < 1.29 is 14.6 Å². The average Bonchev–Trinajstić information content (AvgIpc) is 2.82. The fourth-order valence-corrected chi connectivity index (χ4v) is 5.43. The highest BCUT2D eigenvalue weighted by molar-refractivity contribution is 5.91. The monoisotopic (exact) mass is 428 g/mol. The maximum atomic E-state index is 13.3. The van der Waals surface area contributed by atoms with Gasteiger partial charge in [0.2, 0.25) is 0 Å². The van der Waals surface area contributed by atoms with Crippen LogP contribution in [0.25, 0.3) is 10.9 Å². The van der Waals surface area contributed by atoms with Gasteiger partial charge in [0.1, 0.15) is 11.9 Å². The number of phenols is 1. The molecule has 0 radical (unpaired) electrons. The topological polar surface area (TPSA) is 62.7 Å². The maximum Gasteiger partial charge on any atom is 0.339 e. The van der Waals surface area contributed by atoms with Crippen molar-refractivity contribution in [2.75, 3.05) is 13.1 Å². The van der Waals surface area contributed by atoms with E-state index in [0.717, 1.165) is 48.0 Å². The summed E-state index contributed by atoms with van der Waals surface area (Å²) in [4.78, 5) is 20.2. The molecule has 5 atom stereocenters. The number of pyridine rings is 1. The summed E-state index contributed by atoms with van der Waals surface area (Å²) in [6.07, 6.45) is 5.46. The number of aromatic nitrogens is 1. The third-order valence-electron chi connectivity index (χ3n) is 7.17. The van der Waals surface area contributed by atoms with E-state index in [1.54, 1.807) is 24.4 Å². The van der Waals surface area contributed by atoms with Crippen molar-refractivity contribution in [3.8, 4) is 5.75 Å². The van der Waals surface area contributed by atoms with Gasteiger partial charge in [-0.25, -0.2) is 4.79 Å². The summed E-state index contributed by atoms with van der Waals surface area (Å²) < 4.78 is 6.30. The van der Waals surface area contributed by atoms with Gasteiger partial charge in [-0.1, -0.05) is 24.3 Å². The van der Waals surface area contributed by atoms with Gasteiger partial charge < -0.3 is 9.84 Å². The summed E-state index contributed by atoms with van der Waals surface area (Å²) in [5.74, 6) is 0.878. The summed E-state index contributed by atoms with van der Waals surface area (Å²) >= 11 is 0. The van der Waals surface area contributed by atoms with Gasteiger partial charge in [0, 0.05) is 23.7 Å². The molecule has 5 nitrogen and oxygen atoms in total. The lowest BCUT2D eigenvalue weighted by Gasteiger charge is -2.51.